The van der Waals surface area contributed by atoms with Crippen LogP contribution >= 0.6 is 11.3 Å². The number of anilines is 1. The maximum absolute atomic E-state index is 12.7. The first-order chi connectivity index (χ1) is 20.0. The summed E-state index contributed by atoms with van der Waals surface area (Å²) in [4.78, 5) is 34.2. The summed E-state index contributed by atoms with van der Waals surface area (Å²) in [6.07, 6.45) is 3.42. The normalized spacial score (nSPS) is 11.2. The van der Waals surface area contributed by atoms with Gasteiger partial charge in [-0.3, -0.25) is 19.7 Å². The number of hydrogen-bond acceptors (Lipinski definition) is 5. The van der Waals surface area contributed by atoms with E-state index >= 15 is 0 Å². The van der Waals surface area contributed by atoms with Crippen LogP contribution in [0.1, 0.15) is 27.0 Å². The van der Waals surface area contributed by atoms with Crippen LogP contribution in [0.4, 0.5) is 5.69 Å². The van der Waals surface area contributed by atoms with Crippen LogP contribution in [0.5, 0.6) is 0 Å². The molecule has 0 aliphatic carbocycles. The summed E-state index contributed by atoms with van der Waals surface area (Å²) in [6, 6.07) is 29.2. The molecule has 0 fully saturated rings. The second-order valence-electron chi connectivity index (χ2n) is 9.78. The van der Waals surface area contributed by atoms with E-state index in [0.717, 1.165) is 59.6 Å². The average Bonchev–Trinajstić information content (AvgIpc) is 3.75. The minimum Gasteiger partial charge on any atom is -0.353 e. The molecular formula is C33H23N5O2S. The predicted octanol–water partition coefficient (Wildman–Crippen LogP) is 7.96. The lowest BCUT2D eigenvalue weighted by molar-refractivity contribution is 0.101. The Morgan fingerprint density at radius 1 is 0.805 bits per heavy atom. The molecule has 7 aromatic rings. The molecule has 41 heavy (non-hydrogen) atoms. The fourth-order valence-corrected chi connectivity index (χ4v) is 5.97. The lowest BCUT2D eigenvalue weighted by atomic mass is 10.0. The molecular weight excluding hydrogens is 530 g/mol. The van der Waals surface area contributed by atoms with Gasteiger partial charge in [-0.05, 0) is 67.1 Å². The molecule has 0 bridgehead atoms. The van der Waals surface area contributed by atoms with Crippen molar-refractivity contribution in [2.45, 2.75) is 6.92 Å². The number of nitrogens with one attached hydrogen (secondary N) is 3. The van der Waals surface area contributed by atoms with Crippen LogP contribution in [0.25, 0.3) is 54.8 Å². The summed E-state index contributed by atoms with van der Waals surface area (Å²) in [5, 5.41) is 12.8. The number of carbonyl (C=O) groups excluding carboxylic acids is 2. The highest BCUT2D eigenvalue weighted by atomic mass is 32.1. The van der Waals surface area contributed by atoms with Gasteiger partial charge in [-0.15, -0.1) is 11.3 Å². The first-order valence-electron chi connectivity index (χ1n) is 13.1. The van der Waals surface area contributed by atoms with Gasteiger partial charge in [0.05, 0.1) is 28.0 Å². The highest BCUT2D eigenvalue weighted by Gasteiger charge is 2.16. The summed E-state index contributed by atoms with van der Waals surface area (Å²) in [6.45, 7) is 1.59. The number of fused-ring (bicyclic) bond motifs is 2. The topological polar surface area (TPSA) is 104 Å². The molecule has 0 radical (unpaired) electrons. The lowest BCUT2D eigenvalue weighted by Gasteiger charge is -2.08. The molecule has 8 heteroatoms. The highest BCUT2D eigenvalue weighted by Crippen LogP contribution is 2.37. The Balaban J connectivity index is 1.24. The smallest absolute Gasteiger partial charge is 0.255 e. The summed E-state index contributed by atoms with van der Waals surface area (Å²) in [7, 11) is 0. The Kier molecular flexibility index (Phi) is 6.02. The molecule has 0 unspecified atom stereocenters. The van der Waals surface area contributed by atoms with Crippen molar-refractivity contribution in [2.24, 2.45) is 0 Å². The monoisotopic (exact) mass is 553 g/mol. The first kappa shape index (κ1) is 24.7. The van der Waals surface area contributed by atoms with Crippen LogP contribution < -0.4 is 5.32 Å². The number of aromatic amines is 2. The molecule has 0 aliphatic heterocycles. The van der Waals surface area contributed by atoms with Crippen molar-refractivity contribution in [1.29, 1.82) is 0 Å². The summed E-state index contributed by atoms with van der Waals surface area (Å²) in [5.74, 6) is -0.114. The summed E-state index contributed by atoms with van der Waals surface area (Å²) in [5.41, 5.74) is 7.71. The summed E-state index contributed by atoms with van der Waals surface area (Å²) >= 11 is 1.50. The molecule has 1 amide bonds. The Labute approximate surface area is 238 Å². The Morgan fingerprint density at radius 2 is 1.68 bits per heavy atom. The number of ketones is 1. The van der Waals surface area contributed by atoms with Crippen molar-refractivity contribution >= 4 is 50.5 Å². The van der Waals surface area contributed by atoms with E-state index in [2.05, 4.69) is 43.7 Å². The van der Waals surface area contributed by atoms with E-state index in [0.29, 0.717) is 11.3 Å². The number of benzene rings is 3. The fourth-order valence-electron chi connectivity index (χ4n) is 5.03. The Bertz CT molecular complexity index is 2090. The van der Waals surface area contributed by atoms with E-state index in [1.165, 1.54) is 11.3 Å². The number of hydrogen-bond donors (Lipinski definition) is 3. The number of rotatable bonds is 6. The predicted molar refractivity (Wildman–Crippen MR) is 164 cm³/mol. The van der Waals surface area contributed by atoms with E-state index in [4.69, 9.17) is 0 Å². The maximum atomic E-state index is 12.7. The highest BCUT2D eigenvalue weighted by molar-refractivity contribution is 7.17. The van der Waals surface area contributed by atoms with Gasteiger partial charge in [0.1, 0.15) is 5.69 Å². The molecule has 4 heterocycles. The van der Waals surface area contributed by atoms with Gasteiger partial charge in [0.2, 0.25) is 0 Å². The van der Waals surface area contributed by atoms with E-state index in [1.54, 1.807) is 31.5 Å². The van der Waals surface area contributed by atoms with Crippen molar-refractivity contribution in [2.75, 3.05) is 5.32 Å². The van der Waals surface area contributed by atoms with Crippen molar-refractivity contribution in [3.8, 4) is 33.0 Å². The maximum Gasteiger partial charge on any atom is 0.255 e. The van der Waals surface area contributed by atoms with Crippen LogP contribution in [0, 0.1) is 0 Å². The number of aromatic nitrogens is 4. The number of Topliss-reactive ketones (excluding diaryl/α,β-unsaturated/α-hetero) is 1. The molecule has 0 saturated heterocycles. The van der Waals surface area contributed by atoms with Gasteiger partial charge in [-0.1, -0.05) is 36.4 Å². The van der Waals surface area contributed by atoms with Crippen LogP contribution in [0.15, 0.2) is 103 Å². The van der Waals surface area contributed by atoms with Gasteiger partial charge >= 0.3 is 0 Å². The van der Waals surface area contributed by atoms with E-state index in [-0.39, 0.29) is 11.7 Å². The van der Waals surface area contributed by atoms with Gasteiger partial charge in [-0.2, -0.15) is 5.10 Å². The first-order valence-corrected chi connectivity index (χ1v) is 13.9. The summed E-state index contributed by atoms with van der Waals surface area (Å²) < 4.78 is 0. The number of H-pyrrole nitrogens is 2. The second-order valence-corrected chi connectivity index (χ2v) is 10.9. The SMILES string of the molecule is CC(=O)c1ccc(-c2cccc3[nH]c(-c4n[nH]c5ccc(-c6cncc(NC(=O)c7ccccc7)c6)cc45)cc23)s1. The van der Waals surface area contributed by atoms with Crippen molar-refractivity contribution in [3.63, 3.8) is 0 Å². The standard InChI is InChI=1S/C33H23N5O2S/c1-19(39)30-12-13-31(41-30)24-8-5-9-27-25(24)16-29(36-27)32-26-15-21(10-11-28(26)37-38-32)22-14-23(18-34-17-22)35-33(40)20-6-3-2-4-7-20/h2-18,36H,1H3,(H,35,40)(H,37,38). The molecule has 3 N–H and O–H groups in total. The van der Waals surface area contributed by atoms with Crippen molar-refractivity contribution in [1.82, 2.24) is 20.2 Å². The largest absolute Gasteiger partial charge is 0.353 e. The van der Waals surface area contributed by atoms with Gasteiger partial charge in [0.15, 0.2) is 5.78 Å². The van der Waals surface area contributed by atoms with Gasteiger partial charge in [0, 0.05) is 44.1 Å². The molecule has 0 saturated carbocycles. The zero-order valence-electron chi connectivity index (χ0n) is 21.9. The van der Waals surface area contributed by atoms with Gasteiger partial charge in [-0.25, -0.2) is 0 Å². The quantitative estimate of drug-likeness (QED) is 0.182. The number of thiophene rings is 1. The van der Waals surface area contributed by atoms with Crippen LogP contribution in [-0.2, 0) is 0 Å². The van der Waals surface area contributed by atoms with Gasteiger partial charge < -0.3 is 10.3 Å². The van der Waals surface area contributed by atoms with Crippen LogP contribution in [0.2, 0.25) is 0 Å². The van der Waals surface area contributed by atoms with Crippen molar-refractivity contribution in [3.05, 3.63) is 114 Å². The third-order valence-electron chi connectivity index (χ3n) is 7.07. The molecule has 7 nitrogen and oxygen atoms in total. The molecule has 0 aliphatic rings. The van der Waals surface area contributed by atoms with E-state index < -0.39 is 0 Å². The third kappa shape index (κ3) is 4.60. The van der Waals surface area contributed by atoms with E-state index in [9.17, 15) is 9.59 Å². The minimum absolute atomic E-state index is 0.0706. The number of nitrogens with zero attached hydrogens (tertiary/aromatic N) is 2. The van der Waals surface area contributed by atoms with Crippen LogP contribution in [0.3, 0.4) is 0 Å². The zero-order chi connectivity index (χ0) is 27.9. The molecule has 0 spiro atoms. The lowest BCUT2D eigenvalue weighted by Crippen LogP contribution is -2.11. The molecule has 0 atom stereocenters. The van der Waals surface area contributed by atoms with Gasteiger partial charge in [0.25, 0.3) is 5.91 Å². The average molecular weight is 554 g/mol. The Morgan fingerprint density at radius 3 is 2.51 bits per heavy atom. The zero-order valence-corrected chi connectivity index (χ0v) is 22.8. The number of amides is 1. The second kappa shape index (κ2) is 10.0. The fraction of sp³-hybridized carbons (Fsp3) is 0.0303. The number of carbonyl (C=O) groups is 2. The minimum atomic E-state index is -0.185. The van der Waals surface area contributed by atoms with Crippen molar-refractivity contribution < 1.29 is 9.59 Å². The molecule has 3 aromatic carbocycles. The molecule has 198 valence electrons. The van der Waals surface area contributed by atoms with E-state index in [1.807, 2.05) is 60.7 Å². The Hall–Kier alpha value is -5.34. The molecule has 7 rings (SSSR count). The van der Waals surface area contributed by atoms with Crippen LogP contribution in [-0.4, -0.2) is 31.9 Å². The number of pyridine rings is 1. The molecule has 4 aromatic heterocycles. The third-order valence-corrected chi connectivity index (χ3v) is 8.29.